The van der Waals surface area contributed by atoms with Gasteiger partial charge in [-0.15, -0.1) is 0 Å². The molecule has 0 aliphatic heterocycles. The Morgan fingerprint density at radius 2 is 0.727 bits per heavy atom. The number of quaternary nitrogens is 1. The van der Waals surface area contributed by atoms with E-state index < -0.39 is 26.6 Å². The second-order valence-corrected chi connectivity index (χ2v) is 27.1. The van der Waals surface area contributed by atoms with Crippen molar-refractivity contribution in [2.24, 2.45) is 0 Å². The predicted octanol–water partition coefficient (Wildman–Crippen LogP) is 23.0. The average Bonchev–Trinajstić information content (AvgIpc) is 3.52. The number of phosphoric acid groups is 1. The fourth-order valence-corrected chi connectivity index (χ4v) is 11.0. The number of phosphoric ester groups is 1. The van der Waals surface area contributed by atoms with Crippen LogP contribution in [0.5, 0.6) is 0 Å². The molecule has 88 heavy (non-hydrogen) atoms. The first kappa shape index (κ1) is 84.7. The molecule has 3 atom stereocenters. The van der Waals surface area contributed by atoms with Crippen LogP contribution in [0.25, 0.3) is 0 Å². The van der Waals surface area contributed by atoms with Crippen LogP contribution in [0.3, 0.4) is 0 Å². The minimum absolute atomic E-state index is 0.0288. The van der Waals surface area contributed by atoms with E-state index in [1.54, 1.807) is 0 Å². The monoisotopic (exact) mass is 1250 g/mol. The van der Waals surface area contributed by atoms with Gasteiger partial charge in [-0.3, -0.25) is 14.2 Å². The summed E-state index contributed by atoms with van der Waals surface area (Å²) in [5.41, 5.74) is 0. The Labute approximate surface area is 544 Å². The third-order valence-corrected chi connectivity index (χ3v) is 16.9. The number of esters is 1. The van der Waals surface area contributed by atoms with Gasteiger partial charge in [-0.05, 0) is 115 Å². The molecular weight excluding hydrogens is 1110 g/mol. The molecule has 0 aromatic heterocycles. The summed E-state index contributed by atoms with van der Waals surface area (Å²) in [6.07, 6.45) is 92.1. The Bertz CT molecular complexity index is 1870. The van der Waals surface area contributed by atoms with Crippen LogP contribution in [-0.2, 0) is 27.9 Å². The summed E-state index contributed by atoms with van der Waals surface area (Å²) in [6.45, 7) is 6.72. The minimum Gasteiger partial charge on any atom is -0.756 e. The molecule has 0 aromatic rings. The minimum atomic E-state index is -4.72. The van der Waals surface area contributed by atoms with Crippen LogP contribution < -0.4 is 10.2 Å². The van der Waals surface area contributed by atoms with Crippen molar-refractivity contribution in [3.63, 3.8) is 0 Å². The normalized spacial score (nSPS) is 14.1. The first-order chi connectivity index (χ1) is 42.9. The molecule has 0 heterocycles. The number of carbonyl (C=O) groups is 2. The lowest BCUT2D eigenvalue weighted by molar-refractivity contribution is -0.870. The summed E-state index contributed by atoms with van der Waals surface area (Å²) in [5.74, 6) is -0.554. The van der Waals surface area contributed by atoms with Crippen molar-refractivity contribution in [2.45, 2.75) is 335 Å². The van der Waals surface area contributed by atoms with E-state index in [0.717, 1.165) is 122 Å². The molecule has 1 amide bonds. The quantitative estimate of drug-likeness (QED) is 0.0212. The summed E-state index contributed by atoms with van der Waals surface area (Å²) in [4.78, 5) is 40.2. The highest BCUT2D eigenvalue weighted by atomic mass is 31.2. The highest BCUT2D eigenvalue weighted by molar-refractivity contribution is 7.45. The molecule has 0 aromatic carbocycles. The molecule has 0 saturated heterocycles. The van der Waals surface area contributed by atoms with E-state index in [4.69, 9.17) is 13.8 Å². The molecule has 0 aliphatic carbocycles. The molecule has 0 saturated carbocycles. The number of hydrogen-bond donors (Lipinski definition) is 1. The van der Waals surface area contributed by atoms with Crippen LogP contribution in [0, 0.1) is 0 Å². The van der Waals surface area contributed by atoms with E-state index >= 15 is 0 Å². The predicted molar refractivity (Wildman–Crippen MR) is 381 cm³/mol. The molecule has 0 fully saturated rings. The van der Waals surface area contributed by atoms with Gasteiger partial charge in [0.25, 0.3) is 7.82 Å². The van der Waals surface area contributed by atoms with Gasteiger partial charge < -0.3 is 28.5 Å². The third-order valence-electron chi connectivity index (χ3n) is 15.9. The highest BCUT2D eigenvalue weighted by Crippen LogP contribution is 2.38. The number of carbonyl (C=O) groups excluding carboxylic acids is 2. The van der Waals surface area contributed by atoms with Crippen molar-refractivity contribution in [2.75, 3.05) is 40.9 Å². The third kappa shape index (κ3) is 67.1. The Hall–Kier alpha value is -3.33. The Morgan fingerprint density at radius 3 is 1.11 bits per heavy atom. The van der Waals surface area contributed by atoms with Gasteiger partial charge in [0.1, 0.15) is 19.3 Å². The van der Waals surface area contributed by atoms with E-state index in [2.05, 4.69) is 123 Å². The molecule has 10 heteroatoms. The lowest BCUT2D eigenvalue weighted by atomic mass is 10.0. The van der Waals surface area contributed by atoms with Gasteiger partial charge in [-0.2, -0.15) is 0 Å². The van der Waals surface area contributed by atoms with Crippen LogP contribution in [0.1, 0.15) is 323 Å². The van der Waals surface area contributed by atoms with Gasteiger partial charge in [0, 0.05) is 12.8 Å². The number of allylic oxidation sites excluding steroid dienone is 17. The number of amides is 1. The first-order valence-corrected chi connectivity index (χ1v) is 38.2. The highest BCUT2D eigenvalue weighted by Gasteiger charge is 2.27. The molecule has 0 spiro atoms. The van der Waals surface area contributed by atoms with E-state index in [1.165, 1.54) is 161 Å². The number of nitrogens with zero attached hydrogens (tertiary/aromatic N) is 1. The van der Waals surface area contributed by atoms with Crippen LogP contribution >= 0.6 is 7.82 Å². The average molecular weight is 1250 g/mol. The van der Waals surface area contributed by atoms with Crippen molar-refractivity contribution >= 4 is 19.7 Å². The van der Waals surface area contributed by atoms with E-state index in [9.17, 15) is 19.0 Å². The summed E-state index contributed by atoms with van der Waals surface area (Å²) in [5, 5.41) is 3.04. The van der Waals surface area contributed by atoms with Gasteiger partial charge in [-0.1, -0.05) is 304 Å². The topological polar surface area (TPSA) is 114 Å². The van der Waals surface area contributed by atoms with Crippen molar-refractivity contribution < 1.29 is 37.3 Å². The van der Waals surface area contributed by atoms with Crippen LogP contribution in [-0.4, -0.2) is 69.4 Å². The molecule has 0 radical (unpaired) electrons. The maximum absolute atomic E-state index is 13.6. The van der Waals surface area contributed by atoms with Gasteiger partial charge in [0.2, 0.25) is 5.91 Å². The fraction of sp³-hybridized carbons (Fsp3) is 0.744. The number of hydrogen-bond acceptors (Lipinski definition) is 7. The lowest BCUT2D eigenvalue weighted by Crippen LogP contribution is -2.47. The van der Waals surface area contributed by atoms with Gasteiger partial charge in [-0.25, -0.2) is 0 Å². The van der Waals surface area contributed by atoms with Crippen molar-refractivity contribution in [3.05, 3.63) is 109 Å². The molecule has 3 unspecified atom stereocenters. The van der Waals surface area contributed by atoms with Crippen molar-refractivity contribution in [1.82, 2.24) is 5.32 Å². The van der Waals surface area contributed by atoms with Crippen molar-refractivity contribution in [3.8, 4) is 0 Å². The molecule has 508 valence electrons. The number of likely N-dealkylation sites (N-methyl/N-ethyl adjacent to an activating group) is 1. The van der Waals surface area contributed by atoms with Gasteiger partial charge >= 0.3 is 5.97 Å². The Kier molecular flexibility index (Phi) is 64.1. The first-order valence-electron chi connectivity index (χ1n) is 36.7. The molecule has 0 aliphatic rings. The van der Waals surface area contributed by atoms with E-state index in [-0.39, 0.29) is 24.9 Å². The van der Waals surface area contributed by atoms with Crippen molar-refractivity contribution in [1.29, 1.82) is 0 Å². The van der Waals surface area contributed by atoms with Gasteiger partial charge in [0.05, 0.1) is 33.8 Å². The molecule has 0 bridgehead atoms. The Morgan fingerprint density at radius 1 is 0.409 bits per heavy atom. The fourth-order valence-electron chi connectivity index (χ4n) is 10.3. The number of ether oxygens (including phenoxy) is 1. The lowest BCUT2D eigenvalue weighted by Gasteiger charge is -2.30. The largest absolute Gasteiger partial charge is 0.756 e. The second-order valence-electron chi connectivity index (χ2n) is 25.7. The number of rotatable bonds is 66. The standard InChI is InChI=1S/C78H139N2O7P/c1-7-10-13-16-19-22-25-28-30-32-34-36-38-40-42-44-46-48-50-52-55-58-61-64-67-70-77(81)79-75(74-86-88(83,84)85-73-72-80(4,5)6)76(69-66-63-60-57-54-27-24-21-18-15-12-9-3)87-78(82)71-68-65-62-59-56-53-51-49-47-45-43-41-39-37-35-33-31-29-26-23-20-17-14-11-8-2/h11,14,19-20,22-23,28-31,35,37,41,43,47,49,66,69,75-76H,7-10,12-13,15-18,21,24-27,32-34,36,38-40,42,44-46,48,50-65,67-68,70-74H2,1-6H3,(H-,79,81,83,84)/b14-11-,22-19-,23-20-,30-28-,31-29-,37-35-,43-41-,49-47-,69-66+. The molecule has 1 N–H and O–H groups in total. The summed E-state index contributed by atoms with van der Waals surface area (Å²) >= 11 is 0. The maximum Gasteiger partial charge on any atom is 0.306 e. The number of nitrogens with one attached hydrogen (secondary N) is 1. The van der Waals surface area contributed by atoms with Crippen LogP contribution in [0.2, 0.25) is 0 Å². The van der Waals surface area contributed by atoms with E-state index in [0.29, 0.717) is 23.9 Å². The zero-order valence-corrected chi connectivity index (χ0v) is 59.0. The van der Waals surface area contributed by atoms with Crippen LogP contribution in [0.4, 0.5) is 0 Å². The Balaban J connectivity index is 5.07. The zero-order valence-electron chi connectivity index (χ0n) is 58.2. The zero-order chi connectivity index (χ0) is 64.2. The molecule has 0 rings (SSSR count). The summed E-state index contributed by atoms with van der Waals surface area (Å²) in [6, 6.07) is -0.902. The number of unbranched alkanes of at least 4 members (excludes halogenated alkanes) is 34. The maximum atomic E-state index is 13.6. The molecular formula is C78H139N2O7P. The SMILES string of the molecule is CC/C=C\C/C=C\C/C=C\C/C=C\C/C=C\C/C=C\CCCCCCCCC(=O)OC(/C=C/CCCCCCCCCCCC)C(COP(=O)([O-])OCC[N+](C)(C)C)NC(=O)CCCCCCCCCCCCCCCCC/C=C\C/C=C\CCCCC. The summed E-state index contributed by atoms with van der Waals surface area (Å²) < 4.78 is 30.5. The smallest absolute Gasteiger partial charge is 0.306 e. The van der Waals surface area contributed by atoms with E-state index in [1.807, 2.05) is 33.3 Å². The second kappa shape index (κ2) is 66.6. The van der Waals surface area contributed by atoms with Gasteiger partial charge in [0.15, 0.2) is 0 Å². The molecule has 9 nitrogen and oxygen atoms in total. The summed E-state index contributed by atoms with van der Waals surface area (Å²) in [7, 11) is 1.17. The van der Waals surface area contributed by atoms with Crippen LogP contribution in [0.15, 0.2) is 109 Å².